The number of amides is 4. The Balaban J connectivity index is 1.39. The van der Waals surface area contributed by atoms with Gasteiger partial charge in [-0.15, -0.1) is 0 Å². The lowest BCUT2D eigenvalue weighted by Gasteiger charge is -2.36. The maximum atomic E-state index is 13.7. The van der Waals surface area contributed by atoms with Crippen LogP contribution in [0.5, 0.6) is 11.5 Å². The minimum atomic E-state index is -0.360. The molecule has 0 aliphatic carbocycles. The van der Waals surface area contributed by atoms with Crippen molar-refractivity contribution in [1.29, 1.82) is 0 Å². The molecule has 224 valence electrons. The van der Waals surface area contributed by atoms with E-state index < -0.39 is 0 Å². The van der Waals surface area contributed by atoms with Crippen molar-refractivity contribution in [3.05, 3.63) is 97.0 Å². The van der Waals surface area contributed by atoms with Crippen molar-refractivity contribution in [2.24, 2.45) is 0 Å². The van der Waals surface area contributed by atoms with Gasteiger partial charge in [-0.3, -0.25) is 14.6 Å². The van der Waals surface area contributed by atoms with Crippen molar-refractivity contribution in [3.63, 3.8) is 0 Å². The lowest BCUT2D eigenvalue weighted by atomic mass is 10.2. The molecule has 2 aromatic heterocycles. The molecule has 1 aliphatic heterocycles. The molecule has 0 radical (unpaired) electrons. The van der Waals surface area contributed by atoms with E-state index in [1.165, 1.54) is 36.0 Å². The number of methoxy groups -OCH3 is 1. The van der Waals surface area contributed by atoms with Crippen molar-refractivity contribution in [2.45, 2.75) is 16.6 Å². The summed E-state index contributed by atoms with van der Waals surface area (Å²) < 4.78 is 11.1. The van der Waals surface area contributed by atoms with Crippen LogP contribution in [0, 0.1) is 0 Å². The third kappa shape index (κ3) is 7.02. The van der Waals surface area contributed by atoms with Gasteiger partial charge in [0.15, 0.2) is 11.0 Å². The highest BCUT2D eigenvalue weighted by Crippen LogP contribution is 2.37. The first kappa shape index (κ1) is 30.2. The summed E-state index contributed by atoms with van der Waals surface area (Å²) in [6.07, 6.45) is 4.41. The molecule has 13 heteroatoms. The zero-order chi connectivity index (χ0) is 31.1. The Morgan fingerprint density at radius 2 is 1.91 bits per heavy atom. The summed E-state index contributed by atoms with van der Waals surface area (Å²) >= 11 is 1.33. The van der Waals surface area contributed by atoms with Crippen molar-refractivity contribution in [3.8, 4) is 11.5 Å². The predicted molar refractivity (Wildman–Crippen MR) is 165 cm³/mol. The Kier molecular flexibility index (Phi) is 9.47. The number of urea groups is 1. The largest absolute Gasteiger partial charge is 0.457 e. The van der Waals surface area contributed by atoms with Crippen molar-refractivity contribution in [1.82, 2.24) is 25.2 Å². The number of anilines is 3. The molecule has 2 aromatic carbocycles. The van der Waals surface area contributed by atoms with Crippen LogP contribution in [-0.4, -0.2) is 65.0 Å². The van der Waals surface area contributed by atoms with Crippen LogP contribution in [0.2, 0.25) is 0 Å². The van der Waals surface area contributed by atoms with Gasteiger partial charge in [-0.2, -0.15) is 0 Å². The highest BCUT2D eigenvalue weighted by Gasteiger charge is 2.33. The summed E-state index contributed by atoms with van der Waals surface area (Å²) in [5.74, 6) is 0.849. The third-order valence-corrected chi connectivity index (χ3v) is 7.32. The molecular weight excluding hydrogens is 582 g/mol. The molecule has 1 aliphatic rings. The van der Waals surface area contributed by atoms with Gasteiger partial charge in [-0.25, -0.2) is 19.7 Å². The summed E-state index contributed by atoms with van der Waals surface area (Å²) in [6, 6.07) is 17.3. The number of nitrogens with one attached hydrogen (secondary N) is 2. The highest BCUT2D eigenvalue weighted by atomic mass is 32.2. The number of nitrogens with zero attached hydrogens (tertiary/aromatic N) is 5. The maximum absolute atomic E-state index is 13.7. The number of pyridine rings is 1. The highest BCUT2D eigenvalue weighted by molar-refractivity contribution is 7.99. The standard InChI is InChI=1S/C31H29N7O5S/c1-4-27(39)35-21-6-5-7-22(16-21)38-28-20(19-37(31(38)41)14-15-42-3)18-34-30(36-28)44-25-10-8-23(9-11-25)43-24-12-13-33-26(17-24)29(40)32-2/h4-13,16-18H,1,14-15,19H2,2-3H3,(H,32,40)(H,35,39). The van der Waals surface area contributed by atoms with E-state index in [4.69, 9.17) is 14.5 Å². The van der Waals surface area contributed by atoms with E-state index >= 15 is 0 Å². The van der Waals surface area contributed by atoms with Gasteiger partial charge in [0.25, 0.3) is 5.91 Å². The molecule has 0 bridgehead atoms. The number of ether oxygens (including phenoxy) is 2. The minimum Gasteiger partial charge on any atom is -0.457 e. The molecule has 0 saturated carbocycles. The van der Waals surface area contributed by atoms with Gasteiger partial charge in [-0.05, 0) is 66.4 Å². The van der Waals surface area contributed by atoms with E-state index in [-0.39, 0.29) is 23.5 Å². The van der Waals surface area contributed by atoms with Gasteiger partial charge >= 0.3 is 6.03 Å². The summed E-state index contributed by atoms with van der Waals surface area (Å²) in [5.41, 5.74) is 2.07. The molecule has 0 saturated heterocycles. The first-order chi connectivity index (χ1) is 21.4. The number of benzene rings is 2. The normalized spacial score (nSPS) is 12.4. The van der Waals surface area contributed by atoms with Crippen LogP contribution < -0.4 is 20.3 Å². The van der Waals surface area contributed by atoms with E-state index in [1.807, 2.05) is 12.1 Å². The number of carbonyl (C=O) groups is 3. The summed E-state index contributed by atoms with van der Waals surface area (Å²) in [5, 5.41) is 5.72. The molecule has 44 heavy (non-hydrogen) atoms. The average Bonchev–Trinajstić information content (AvgIpc) is 3.04. The number of hydrogen-bond acceptors (Lipinski definition) is 9. The molecule has 4 amide bonds. The van der Waals surface area contributed by atoms with Gasteiger partial charge in [0.05, 0.1) is 18.8 Å². The van der Waals surface area contributed by atoms with E-state index in [9.17, 15) is 14.4 Å². The molecule has 0 spiro atoms. The van der Waals surface area contributed by atoms with Crippen LogP contribution in [0.1, 0.15) is 16.1 Å². The van der Waals surface area contributed by atoms with Gasteiger partial charge in [0.1, 0.15) is 17.2 Å². The molecule has 0 fully saturated rings. The number of fused-ring (bicyclic) bond motifs is 1. The molecule has 0 atom stereocenters. The smallest absolute Gasteiger partial charge is 0.330 e. The Morgan fingerprint density at radius 3 is 2.66 bits per heavy atom. The van der Waals surface area contributed by atoms with E-state index in [2.05, 4.69) is 27.2 Å². The Hall–Kier alpha value is -5.27. The van der Waals surface area contributed by atoms with Crippen LogP contribution in [0.15, 0.2) is 95.8 Å². The van der Waals surface area contributed by atoms with Crippen LogP contribution >= 0.6 is 11.8 Å². The zero-order valence-electron chi connectivity index (χ0n) is 24.0. The van der Waals surface area contributed by atoms with Gasteiger partial charge in [0.2, 0.25) is 5.91 Å². The SMILES string of the molecule is C=CC(=O)Nc1cccc(N2C(=O)N(CCOC)Cc3cnc(Sc4ccc(Oc5ccnc(C(=O)NC)c5)cc4)nc32)c1. The third-order valence-electron chi connectivity index (χ3n) is 6.44. The van der Waals surface area contributed by atoms with E-state index in [1.54, 1.807) is 66.7 Å². The van der Waals surface area contributed by atoms with Crippen LogP contribution in [0.25, 0.3) is 0 Å². The molecular formula is C31H29N7O5S. The van der Waals surface area contributed by atoms with E-state index in [0.717, 1.165) is 10.5 Å². The summed E-state index contributed by atoms with van der Waals surface area (Å²) in [6.45, 7) is 4.57. The topological polar surface area (TPSA) is 139 Å². The van der Waals surface area contributed by atoms with Gasteiger partial charge in [0, 0.05) is 55.3 Å². The molecule has 5 rings (SSSR count). The second-order valence-corrected chi connectivity index (χ2v) is 10.4. The first-order valence-corrected chi connectivity index (χ1v) is 14.3. The molecule has 12 nitrogen and oxygen atoms in total. The summed E-state index contributed by atoms with van der Waals surface area (Å²) in [7, 11) is 3.12. The quantitative estimate of drug-likeness (QED) is 0.177. The number of aromatic nitrogens is 3. The van der Waals surface area contributed by atoms with Gasteiger partial charge < -0.3 is 25.0 Å². The second-order valence-electron chi connectivity index (χ2n) is 9.41. The first-order valence-electron chi connectivity index (χ1n) is 13.5. The maximum Gasteiger partial charge on any atom is 0.330 e. The fraction of sp³-hybridized carbons (Fsp3) is 0.161. The lowest BCUT2D eigenvalue weighted by Crippen LogP contribution is -2.46. The molecule has 3 heterocycles. The minimum absolute atomic E-state index is 0.254. The number of hydrogen-bond donors (Lipinski definition) is 2. The Labute approximate surface area is 258 Å². The van der Waals surface area contributed by atoms with Crippen molar-refractivity contribution in [2.75, 3.05) is 37.5 Å². The fourth-order valence-corrected chi connectivity index (χ4v) is 5.03. The monoisotopic (exact) mass is 611 g/mol. The zero-order valence-corrected chi connectivity index (χ0v) is 24.8. The molecule has 0 unspecified atom stereocenters. The van der Waals surface area contributed by atoms with Crippen molar-refractivity contribution >= 4 is 46.8 Å². The molecule has 4 aromatic rings. The number of rotatable bonds is 11. The van der Waals surface area contributed by atoms with Gasteiger partial charge in [-0.1, -0.05) is 12.6 Å². The van der Waals surface area contributed by atoms with E-state index in [0.29, 0.717) is 53.5 Å². The second kappa shape index (κ2) is 13.8. The van der Waals surface area contributed by atoms with Crippen LogP contribution in [0.3, 0.4) is 0 Å². The van der Waals surface area contributed by atoms with Crippen LogP contribution in [0.4, 0.5) is 22.0 Å². The Morgan fingerprint density at radius 1 is 1.09 bits per heavy atom. The molecule has 2 N–H and O–H groups in total. The van der Waals surface area contributed by atoms with Crippen molar-refractivity contribution < 1.29 is 23.9 Å². The van der Waals surface area contributed by atoms with Crippen LogP contribution in [-0.2, 0) is 16.1 Å². The number of carbonyl (C=O) groups excluding carboxylic acids is 3. The Bertz CT molecular complexity index is 1700. The fourth-order valence-electron chi connectivity index (χ4n) is 4.31. The summed E-state index contributed by atoms with van der Waals surface area (Å²) in [4.78, 5) is 54.9. The predicted octanol–water partition coefficient (Wildman–Crippen LogP) is 5.02. The average molecular weight is 612 g/mol. The lowest BCUT2D eigenvalue weighted by molar-refractivity contribution is -0.111.